The zero-order valence-electron chi connectivity index (χ0n) is 10.6. The van der Waals surface area contributed by atoms with E-state index in [1.165, 1.54) is 37.6 Å². The molecule has 0 aliphatic rings. The van der Waals surface area contributed by atoms with Crippen molar-refractivity contribution in [2.45, 2.75) is 6.61 Å². The average Bonchev–Trinajstić information content (AvgIpc) is 2.46. The van der Waals surface area contributed by atoms with Crippen LogP contribution in [0.3, 0.4) is 0 Å². The number of pyridine rings is 1. The molecule has 7 heteroatoms. The molecular weight excluding hydrogens is 267 g/mol. The van der Waals surface area contributed by atoms with E-state index >= 15 is 0 Å². The Morgan fingerprint density at radius 1 is 1.30 bits per heavy atom. The molecule has 1 heterocycles. The third-order valence-electron chi connectivity index (χ3n) is 2.50. The first-order valence-corrected chi connectivity index (χ1v) is 5.65. The molecule has 20 heavy (non-hydrogen) atoms. The molecular formula is C13H11FN2O4. The van der Waals surface area contributed by atoms with E-state index in [1.807, 2.05) is 0 Å². The summed E-state index contributed by atoms with van der Waals surface area (Å²) in [6, 6.07) is 6.94. The molecule has 0 N–H and O–H groups in total. The summed E-state index contributed by atoms with van der Waals surface area (Å²) < 4.78 is 23.0. The van der Waals surface area contributed by atoms with Crippen molar-refractivity contribution >= 4 is 5.69 Å². The average molecular weight is 278 g/mol. The van der Waals surface area contributed by atoms with Crippen molar-refractivity contribution in [2.75, 3.05) is 7.11 Å². The molecule has 0 amide bonds. The fourth-order valence-electron chi connectivity index (χ4n) is 1.56. The molecule has 0 aliphatic heterocycles. The van der Waals surface area contributed by atoms with Crippen LogP contribution in [0, 0.1) is 16.1 Å². The van der Waals surface area contributed by atoms with Gasteiger partial charge in [-0.3, -0.25) is 10.1 Å². The number of nitro groups is 1. The molecule has 0 saturated heterocycles. The smallest absolute Gasteiger partial charge is 0.273 e. The molecule has 2 rings (SSSR count). The summed E-state index contributed by atoms with van der Waals surface area (Å²) in [5, 5.41) is 10.8. The molecule has 0 aliphatic carbocycles. The summed E-state index contributed by atoms with van der Waals surface area (Å²) in [4.78, 5) is 13.7. The Bertz CT molecular complexity index is 616. The quantitative estimate of drug-likeness (QED) is 0.477. The second-order valence-corrected chi connectivity index (χ2v) is 3.90. The number of nitro benzene ring substituents is 1. The molecule has 1 aromatic carbocycles. The summed E-state index contributed by atoms with van der Waals surface area (Å²) in [6.07, 6.45) is 1.24. The van der Waals surface area contributed by atoms with Crippen LogP contribution in [-0.4, -0.2) is 17.0 Å². The van der Waals surface area contributed by atoms with E-state index in [1.54, 1.807) is 6.07 Å². The standard InChI is InChI=1S/C13H11FN2O4/c1-19-12-5-9(4-10(6-12)16(17)18)8-20-11-2-3-13(14)15-7-11/h2-7H,8H2,1H3. The maximum atomic E-state index is 12.6. The van der Waals surface area contributed by atoms with E-state index in [-0.39, 0.29) is 12.3 Å². The van der Waals surface area contributed by atoms with Crippen LogP contribution in [0.15, 0.2) is 36.5 Å². The number of benzene rings is 1. The lowest BCUT2D eigenvalue weighted by Gasteiger charge is -2.07. The van der Waals surface area contributed by atoms with E-state index in [9.17, 15) is 14.5 Å². The van der Waals surface area contributed by atoms with Gasteiger partial charge in [-0.1, -0.05) is 0 Å². The number of hydrogen-bond donors (Lipinski definition) is 0. The molecule has 0 radical (unpaired) electrons. The molecule has 0 atom stereocenters. The Kier molecular flexibility index (Phi) is 4.09. The number of hydrogen-bond acceptors (Lipinski definition) is 5. The Hall–Kier alpha value is -2.70. The number of ether oxygens (including phenoxy) is 2. The molecule has 6 nitrogen and oxygen atoms in total. The first kappa shape index (κ1) is 13.7. The van der Waals surface area contributed by atoms with Gasteiger partial charge in [0.05, 0.1) is 24.3 Å². The number of aromatic nitrogens is 1. The topological polar surface area (TPSA) is 74.5 Å². The summed E-state index contributed by atoms with van der Waals surface area (Å²) in [5.74, 6) is 0.140. The Balaban J connectivity index is 2.14. The van der Waals surface area contributed by atoms with Crippen molar-refractivity contribution in [1.29, 1.82) is 0 Å². The van der Waals surface area contributed by atoms with Crippen molar-refractivity contribution in [2.24, 2.45) is 0 Å². The Morgan fingerprint density at radius 3 is 2.70 bits per heavy atom. The Labute approximate surface area is 113 Å². The summed E-state index contributed by atoms with van der Waals surface area (Å²) in [6.45, 7) is 0.0886. The lowest BCUT2D eigenvalue weighted by molar-refractivity contribution is -0.385. The van der Waals surface area contributed by atoms with Crippen LogP contribution in [0.2, 0.25) is 0 Å². The SMILES string of the molecule is COc1cc(COc2ccc(F)nc2)cc([N+](=O)[O-])c1. The molecule has 0 fully saturated rings. The van der Waals surface area contributed by atoms with Crippen LogP contribution >= 0.6 is 0 Å². The predicted octanol–water partition coefficient (Wildman–Crippen LogP) is 2.72. The van der Waals surface area contributed by atoms with Gasteiger partial charge in [0, 0.05) is 6.07 Å². The van der Waals surface area contributed by atoms with Gasteiger partial charge in [0.1, 0.15) is 18.1 Å². The molecule has 0 spiro atoms. The minimum absolute atomic E-state index is 0.0832. The van der Waals surface area contributed by atoms with Gasteiger partial charge in [-0.25, -0.2) is 4.98 Å². The van der Waals surface area contributed by atoms with Crippen LogP contribution in [-0.2, 0) is 6.61 Å². The van der Waals surface area contributed by atoms with Crippen LogP contribution in [0.1, 0.15) is 5.56 Å². The van der Waals surface area contributed by atoms with Gasteiger partial charge in [0.15, 0.2) is 0 Å². The van der Waals surface area contributed by atoms with Crippen LogP contribution in [0.5, 0.6) is 11.5 Å². The van der Waals surface area contributed by atoms with Crippen LogP contribution in [0.4, 0.5) is 10.1 Å². The number of non-ortho nitro benzene ring substituents is 1. The number of halogens is 1. The summed E-state index contributed by atoms with van der Waals surface area (Å²) in [7, 11) is 1.42. The number of rotatable bonds is 5. The van der Waals surface area contributed by atoms with Gasteiger partial charge >= 0.3 is 0 Å². The van der Waals surface area contributed by atoms with Gasteiger partial charge < -0.3 is 9.47 Å². The third kappa shape index (κ3) is 3.41. The highest BCUT2D eigenvalue weighted by molar-refractivity contribution is 5.42. The highest BCUT2D eigenvalue weighted by Gasteiger charge is 2.10. The maximum absolute atomic E-state index is 12.6. The van der Waals surface area contributed by atoms with Crippen molar-refractivity contribution in [3.63, 3.8) is 0 Å². The number of nitrogens with zero attached hydrogens (tertiary/aromatic N) is 2. The zero-order valence-corrected chi connectivity index (χ0v) is 10.6. The van der Waals surface area contributed by atoms with E-state index in [4.69, 9.17) is 9.47 Å². The highest BCUT2D eigenvalue weighted by atomic mass is 19.1. The van der Waals surface area contributed by atoms with E-state index in [2.05, 4.69) is 4.98 Å². The molecule has 104 valence electrons. The van der Waals surface area contributed by atoms with Crippen LogP contribution < -0.4 is 9.47 Å². The van der Waals surface area contributed by atoms with Gasteiger partial charge in [0.2, 0.25) is 5.95 Å². The van der Waals surface area contributed by atoms with E-state index in [0.29, 0.717) is 17.1 Å². The maximum Gasteiger partial charge on any atom is 0.273 e. The zero-order chi connectivity index (χ0) is 14.5. The van der Waals surface area contributed by atoms with Gasteiger partial charge in [-0.15, -0.1) is 0 Å². The van der Waals surface area contributed by atoms with Gasteiger partial charge in [-0.05, 0) is 23.8 Å². The Morgan fingerprint density at radius 2 is 2.10 bits per heavy atom. The highest BCUT2D eigenvalue weighted by Crippen LogP contribution is 2.23. The van der Waals surface area contributed by atoms with Crippen molar-refractivity contribution in [1.82, 2.24) is 4.98 Å². The van der Waals surface area contributed by atoms with E-state index < -0.39 is 10.9 Å². The second kappa shape index (κ2) is 5.96. The number of methoxy groups -OCH3 is 1. The predicted molar refractivity (Wildman–Crippen MR) is 68.2 cm³/mol. The molecule has 0 unspecified atom stereocenters. The minimum atomic E-state index is -0.602. The van der Waals surface area contributed by atoms with Crippen molar-refractivity contribution in [3.8, 4) is 11.5 Å². The second-order valence-electron chi connectivity index (χ2n) is 3.90. The molecule has 1 aromatic heterocycles. The normalized spacial score (nSPS) is 10.1. The summed E-state index contributed by atoms with van der Waals surface area (Å²) in [5.41, 5.74) is 0.487. The molecule has 0 saturated carbocycles. The van der Waals surface area contributed by atoms with Crippen molar-refractivity contribution < 1.29 is 18.8 Å². The van der Waals surface area contributed by atoms with E-state index in [0.717, 1.165) is 0 Å². The van der Waals surface area contributed by atoms with Crippen molar-refractivity contribution in [3.05, 3.63) is 58.2 Å². The summed E-state index contributed by atoms with van der Waals surface area (Å²) >= 11 is 0. The monoisotopic (exact) mass is 278 g/mol. The largest absolute Gasteiger partial charge is 0.496 e. The first-order chi connectivity index (χ1) is 9.58. The van der Waals surface area contributed by atoms with Gasteiger partial charge in [-0.2, -0.15) is 4.39 Å². The van der Waals surface area contributed by atoms with Gasteiger partial charge in [0.25, 0.3) is 5.69 Å². The fraction of sp³-hybridized carbons (Fsp3) is 0.154. The van der Waals surface area contributed by atoms with Crippen LogP contribution in [0.25, 0.3) is 0 Å². The molecule has 0 bridgehead atoms. The minimum Gasteiger partial charge on any atom is -0.496 e. The first-order valence-electron chi connectivity index (χ1n) is 5.65. The fourth-order valence-corrected chi connectivity index (χ4v) is 1.56. The molecule has 2 aromatic rings. The lowest BCUT2D eigenvalue weighted by atomic mass is 10.2. The third-order valence-corrected chi connectivity index (χ3v) is 2.50. The lowest BCUT2D eigenvalue weighted by Crippen LogP contribution is -1.99.